The summed E-state index contributed by atoms with van der Waals surface area (Å²) >= 11 is 0. The van der Waals surface area contributed by atoms with E-state index in [-0.39, 0.29) is 102 Å². The fourth-order valence-corrected chi connectivity index (χ4v) is 7.77. The van der Waals surface area contributed by atoms with E-state index in [9.17, 15) is 38.4 Å². The van der Waals surface area contributed by atoms with E-state index in [0.29, 0.717) is 16.5 Å². The van der Waals surface area contributed by atoms with Crippen LogP contribution >= 0.6 is 0 Å². The van der Waals surface area contributed by atoms with E-state index >= 15 is 0 Å². The summed E-state index contributed by atoms with van der Waals surface area (Å²) in [5.41, 5.74) is -1.26. The van der Waals surface area contributed by atoms with Crippen molar-refractivity contribution in [3.63, 3.8) is 0 Å². The van der Waals surface area contributed by atoms with Crippen LogP contribution in [-0.2, 0) is 57.5 Å². The van der Waals surface area contributed by atoms with Gasteiger partial charge in [0.15, 0.2) is 0 Å². The van der Waals surface area contributed by atoms with Crippen molar-refractivity contribution in [2.45, 2.75) is 77.0 Å². The summed E-state index contributed by atoms with van der Waals surface area (Å²) in [6.07, 6.45) is 4.17. The molecule has 2 heterocycles. The molecule has 16 nitrogen and oxygen atoms in total. The number of imide groups is 2. The number of hydrogen-bond donors (Lipinski definition) is 2. The Labute approximate surface area is 265 Å². The first-order valence-electron chi connectivity index (χ1n) is 15.9. The van der Waals surface area contributed by atoms with Crippen molar-refractivity contribution in [1.82, 2.24) is 20.8 Å². The Morgan fingerprint density at radius 3 is 1.35 bits per heavy atom. The minimum absolute atomic E-state index is 0.00206. The number of nitrogens with one attached hydrogen (secondary N) is 2. The standard InChI is InChI=1S/C30H40N4O12/c35-21-1-2-22(36)33(21)45-25(39)5-9-43-11-7-31-27(41)29-14-19-13-20(15-29)17-30(16-19,18-29)28(42)32-8-12-44-10-6-26(40)46-34-23(37)3-4-24(34)38/h19-20H,1-18H2,(H,31,41)(H,32,42). The first-order valence-corrected chi connectivity index (χ1v) is 15.9. The van der Waals surface area contributed by atoms with Crippen LogP contribution in [-0.4, -0.2) is 97.0 Å². The average molecular weight is 649 g/mol. The summed E-state index contributed by atoms with van der Waals surface area (Å²) in [6, 6.07) is 0. The van der Waals surface area contributed by atoms with Crippen molar-refractivity contribution in [3.8, 4) is 0 Å². The lowest BCUT2D eigenvalue weighted by atomic mass is 9.43. The van der Waals surface area contributed by atoms with E-state index in [0.717, 1.165) is 32.1 Å². The quantitative estimate of drug-likeness (QED) is 0.165. The molecule has 16 heteroatoms. The van der Waals surface area contributed by atoms with Gasteiger partial charge in [-0.25, -0.2) is 9.59 Å². The van der Waals surface area contributed by atoms with E-state index in [1.165, 1.54) is 0 Å². The van der Waals surface area contributed by atoms with Gasteiger partial charge in [-0.15, -0.1) is 10.1 Å². The maximum atomic E-state index is 13.4. The van der Waals surface area contributed by atoms with Crippen LogP contribution in [0.5, 0.6) is 0 Å². The molecule has 2 N–H and O–H groups in total. The molecule has 0 spiro atoms. The van der Waals surface area contributed by atoms with Crippen molar-refractivity contribution in [3.05, 3.63) is 0 Å². The molecular formula is C30H40N4O12. The monoisotopic (exact) mass is 648 g/mol. The zero-order valence-corrected chi connectivity index (χ0v) is 25.7. The molecule has 6 fully saturated rings. The Bertz CT molecular complexity index is 1150. The van der Waals surface area contributed by atoms with Crippen LogP contribution < -0.4 is 10.6 Å². The van der Waals surface area contributed by atoms with Crippen molar-refractivity contribution in [1.29, 1.82) is 0 Å². The molecule has 6 aliphatic rings. The highest BCUT2D eigenvalue weighted by atomic mass is 16.7. The zero-order chi connectivity index (χ0) is 32.9. The number of amides is 6. The highest BCUT2D eigenvalue weighted by Crippen LogP contribution is 2.65. The van der Waals surface area contributed by atoms with Crippen molar-refractivity contribution >= 4 is 47.4 Å². The van der Waals surface area contributed by atoms with Gasteiger partial charge in [-0.1, -0.05) is 0 Å². The molecule has 0 aromatic carbocycles. The average Bonchev–Trinajstić information content (AvgIpc) is 3.49. The zero-order valence-electron chi connectivity index (χ0n) is 25.7. The minimum Gasteiger partial charge on any atom is -0.379 e. The molecule has 0 unspecified atom stereocenters. The van der Waals surface area contributed by atoms with Gasteiger partial charge in [0, 0.05) is 38.8 Å². The van der Waals surface area contributed by atoms with Crippen LogP contribution in [0.15, 0.2) is 0 Å². The summed E-state index contributed by atoms with van der Waals surface area (Å²) in [4.78, 5) is 106. The van der Waals surface area contributed by atoms with Crippen LogP contribution in [0.25, 0.3) is 0 Å². The lowest BCUT2D eigenvalue weighted by Gasteiger charge is -2.60. The first-order chi connectivity index (χ1) is 22.0. The number of carbonyl (C=O) groups excluding carboxylic acids is 8. The first kappa shape index (κ1) is 33.4. The van der Waals surface area contributed by atoms with Crippen molar-refractivity contribution in [2.75, 3.05) is 39.5 Å². The lowest BCUT2D eigenvalue weighted by molar-refractivity contribution is -0.198. The Balaban J connectivity index is 0.987. The third kappa shape index (κ3) is 7.54. The third-order valence-electron chi connectivity index (χ3n) is 9.39. The second-order valence-electron chi connectivity index (χ2n) is 12.8. The van der Waals surface area contributed by atoms with E-state index in [4.69, 9.17) is 19.1 Å². The summed E-state index contributed by atoms with van der Waals surface area (Å²) in [5.74, 6) is -3.34. The normalized spacial score (nSPS) is 28.2. The Hall–Kier alpha value is -3.92. The van der Waals surface area contributed by atoms with Gasteiger partial charge in [-0.05, 0) is 50.4 Å². The van der Waals surface area contributed by atoms with E-state index in [2.05, 4.69) is 10.6 Å². The van der Waals surface area contributed by atoms with Gasteiger partial charge in [-0.2, -0.15) is 0 Å². The van der Waals surface area contributed by atoms with Crippen LogP contribution in [0.2, 0.25) is 0 Å². The topological polar surface area (TPSA) is 204 Å². The smallest absolute Gasteiger partial charge is 0.335 e. The molecule has 2 saturated heterocycles. The molecule has 46 heavy (non-hydrogen) atoms. The molecule has 6 rings (SSSR count). The molecule has 0 aromatic heterocycles. The molecule has 6 amide bonds. The molecule has 2 aliphatic heterocycles. The molecular weight excluding hydrogens is 608 g/mol. The third-order valence-corrected chi connectivity index (χ3v) is 9.39. The van der Waals surface area contributed by atoms with E-state index < -0.39 is 46.4 Å². The Morgan fingerprint density at radius 2 is 0.978 bits per heavy atom. The fraction of sp³-hybridized carbons (Fsp3) is 0.733. The molecule has 4 bridgehead atoms. The largest absolute Gasteiger partial charge is 0.379 e. The Morgan fingerprint density at radius 1 is 0.609 bits per heavy atom. The number of hydroxylamine groups is 4. The van der Waals surface area contributed by atoms with E-state index in [1.807, 2.05) is 0 Å². The predicted molar refractivity (Wildman–Crippen MR) is 151 cm³/mol. The molecule has 4 saturated carbocycles. The predicted octanol–water partition coefficient (Wildman–Crippen LogP) is -0.167. The van der Waals surface area contributed by atoms with Gasteiger partial charge in [0.05, 0.1) is 50.1 Å². The number of ether oxygens (including phenoxy) is 2. The van der Waals surface area contributed by atoms with Gasteiger partial charge in [0.1, 0.15) is 0 Å². The molecule has 0 aromatic rings. The number of rotatable bonds is 16. The summed E-state index contributed by atoms with van der Waals surface area (Å²) in [7, 11) is 0. The second kappa shape index (κ2) is 14.2. The van der Waals surface area contributed by atoms with Gasteiger partial charge in [0.2, 0.25) is 11.8 Å². The highest BCUT2D eigenvalue weighted by Gasteiger charge is 2.63. The minimum atomic E-state index is -0.758. The fourth-order valence-electron chi connectivity index (χ4n) is 7.77. The summed E-state index contributed by atoms with van der Waals surface area (Å²) in [5, 5.41) is 6.88. The molecule has 0 atom stereocenters. The van der Waals surface area contributed by atoms with Crippen LogP contribution in [0.4, 0.5) is 0 Å². The van der Waals surface area contributed by atoms with Gasteiger partial charge in [-0.3, -0.25) is 28.8 Å². The molecule has 252 valence electrons. The van der Waals surface area contributed by atoms with Gasteiger partial charge < -0.3 is 29.8 Å². The summed E-state index contributed by atoms with van der Waals surface area (Å²) in [6.45, 7) is 0.754. The summed E-state index contributed by atoms with van der Waals surface area (Å²) < 4.78 is 10.9. The van der Waals surface area contributed by atoms with Crippen LogP contribution in [0.3, 0.4) is 0 Å². The maximum absolute atomic E-state index is 13.4. The lowest BCUT2D eigenvalue weighted by Crippen LogP contribution is -2.61. The molecule has 0 radical (unpaired) electrons. The highest BCUT2D eigenvalue weighted by molar-refractivity contribution is 6.02. The Kier molecular flexibility index (Phi) is 10.4. The van der Waals surface area contributed by atoms with Crippen molar-refractivity contribution < 1.29 is 57.5 Å². The number of carbonyl (C=O) groups is 8. The van der Waals surface area contributed by atoms with Gasteiger partial charge >= 0.3 is 11.9 Å². The van der Waals surface area contributed by atoms with Crippen molar-refractivity contribution in [2.24, 2.45) is 22.7 Å². The second-order valence-corrected chi connectivity index (χ2v) is 12.8. The SMILES string of the molecule is O=C(CCOCCNC(=O)C12CC3CC(C1)CC(C(=O)NCCOCCC(=O)ON1C(=O)CCC1=O)(C3)C2)ON1C(=O)CCC1=O. The molecule has 4 aliphatic carbocycles. The maximum Gasteiger partial charge on any atom is 0.335 e. The van der Waals surface area contributed by atoms with Crippen LogP contribution in [0, 0.1) is 22.7 Å². The van der Waals surface area contributed by atoms with Crippen LogP contribution in [0.1, 0.15) is 77.0 Å². The van der Waals surface area contributed by atoms with E-state index in [1.54, 1.807) is 0 Å². The number of nitrogens with zero attached hydrogens (tertiary/aromatic N) is 2. The number of hydrogen-bond acceptors (Lipinski definition) is 12. The van der Waals surface area contributed by atoms with Gasteiger partial charge in [0.25, 0.3) is 23.6 Å².